The summed E-state index contributed by atoms with van der Waals surface area (Å²) >= 11 is 2.79. The minimum Gasteiger partial charge on any atom is -0.477 e. The van der Waals surface area contributed by atoms with Crippen LogP contribution in [0.15, 0.2) is 63.2 Å². The summed E-state index contributed by atoms with van der Waals surface area (Å²) in [6.07, 6.45) is 3.26. The third-order valence-corrected chi connectivity index (χ3v) is 7.04. The molecule has 3 heterocycles. The van der Waals surface area contributed by atoms with Crippen molar-refractivity contribution in [2.24, 2.45) is 0 Å². The van der Waals surface area contributed by atoms with Crippen LogP contribution in [0.4, 0.5) is 0 Å². The Bertz CT molecular complexity index is 1080. The molecule has 1 aromatic heterocycles. The standard InChI is InChI=1S/C21H19N3O5S2/c1-12-9-14(29-23-12)8-7-13-10-31-20-17(19(26)24(20)18(13)21(27)28)22-16(25)11-30-15-5-3-2-4-6-15/h2-9,17,20H,10-11H2,1H3,(H,22,25)(H,27,28)/b8-7+/t17-,20?/m1/s1. The van der Waals surface area contributed by atoms with Gasteiger partial charge in [0.2, 0.25) is 5.91 Å². The van der Waals surface area contributed by atoms with Crippen LogP contribution in [0, 0.1) is 6.92 Å². The predicted molar refractivity (Wildman–Crippen MR) is 117 cm³/mol. The number of carboxylic acid groups (broad SMARTS) is 1. The predicted octanol–water partition coefficient (Wildman–Crippen LogP) is 2.53. The Labute approximate surface area is 186 Å². The second kappa shape index (κ2) is 9.03. The molecular formula is C21H19N3O5S2. The van der Waals surface area contributed by atoms with Gasteiger partial charge in [0, 0.05) is 16.7 Å². The number of fused-ring (bicyclic) bond motifs is 1. The fourth-order valence-electron chi connectivity index (χ4n) is 3.30. The van der Waals surface area contributed by atoms with Crippen molar-refractivity contribution in [3.63, 3.8) is 0 Å². The van der Waals surface area contributed by atoms with Gasteiger partial charge in [0.05, 0.1) is 11.4 Å². The highest BCUT2D eigenvalue weighted by Crippen LogP contribution is 2.40. The zero-order chi connectivity index (χ0) is 22.0. The molecule has 2 aliphatic rings. The molecule has 0 bridgehead atoms. The zero-order valence-electron chi connectivity index (χ0n) is 16.5. The maximum Gasteiger partial charge on any atom is 0.352 e. The van der Waals surface area contributed by atoms with Crippen LogP contribution >= 0.6 is 23.5 Å². The highest BCUT2D eigenvalue weighted by molar-refractivity contribution is 8.00. The SMILES string of the molecule is Cc1cc(/C=C/C2=C(C(=O)O)N3C(=O)[C@@H](NC(=O)CSc4ccccc4)C3SC2)on1. The van der Waals surface area contributed by atoms with Gasteiger partial charge in [-0.05, 0) is 30.7 Å². The lowest BCUT2D eigenvalue weighted by Crippen LogP contribution is -2.70. The van der Waals surface area contributed by atoms with Crippen LogP contribution in [0.5, 0.6) is 0 Å². The lowest BCUT2D eigenvalue weighted by molar-refractivity contribution is -0.150. The van der Waals surface area contributed by atoms with E-state index in [4.69, 9.17) is 4.52 Å². The number of nitrogens with one attached hydrogen (secondary N) is 1. The van der Waals surface area contributed by atoms with Gasteiger partial charge < -0.3 is 14.9 Å². The minimum atomic E-state index is -1.18. The van der Waals surface area contributed by atoms with Crippen LogP contribution in [-0.2, 0) is 14.4 Å². The summed E-state index contributed by atoms with van der Waals surface area (Å²) in [6.45, 7) is 1.79. The fourth-order valence-corrected chi connectivity index (χ4v) is 5.35. The summed E-state index contributed by atoms with van der Waals surface area (Å²) in [5.41, 5.74) is 1.15. The molecule has 2 amide bonds. The molecule has 0 aliphatic carbocycles. The minimum absolute atomic E-state index is 0.0644. The van der Waals surface area contributed by atoms with E-state index >= 15 is 0 Å². The Morgan fingerprint density at radius 3 is 2.81 bits per heavy atom. The second-order valence-corrected chi connectivity index (χ2v) is 9.09. The first-order chi connectivity index (χ1) is 14.9. The Morgan fingerprint density at radius 2 is 2.13 bits per heavy atom. The number of nitrogens with zero attached hydrogens (tertiary/aromatic N) is 2. The molecule has 8 nitrogen and oxygen atoms in total. The third-order valence-electron chi connectivity index (χ3n) is 4.72. The zero-order valence-corrected chi connectivity index (χ0v) is 18.1. The number of rotatable bonds is 7. The summed E-state index contributed by atoms with van der Waals surface area (Å²) < 4.78 is 5.11. The highest BCUT2D eigenvalue weighted by Gasteiger charge is 2.53. The maximum absolute atomic E-state index is 12.7. The molecule has 2 aromatic rings. The Balaban J connectivity index is 1.42. The quantitative estimate of drug-likeness (QED) is 0.482. The number of allylic oxidation sites excluding steroid dienone is 1. The van der Waals surface area contributed by atoms with Gasteiger partial charge in [-0.1, -0.05) is 29.4 Å². The molecule has 2 atom stereocenters. The molecule has 1 aromatic carbocycles. The number of benzene rings is 1. The number of thioether (sulfide) groups is 2. The van der Waals surface area contributed by atoms with Crippen molar-refractivity contribution >= 4 is 47.4 Å². The van der Waals surface area contributed by atoms with E-state index in [0.29, 0.717) is 22.8 Å². The van der Waals surface area contributed by atoms with Crippen LogP contribution in [0.1, 0.15) is 11.5 Å². The number of carboxylic acids is 1. The Kier molecular flexibility index (Phi) is 6.19. The molecule has 1 fully saturated rings. The van der Waals surface area contributed by atoms with Crippen molar-refractivity contribution in [3.8, 4) is 0 Å². The molecular weight excluding hydrogens is 438 g/mol. The molecule has 0 spiro atoms. The van der Waals surface area contributed by atoms with Crippen LogP contribution < -0.4 is 5.32 Å². The number of hydrogen-bond donors (Lipinski definition) is 2. The van der Waals surface area contributed by atoms with Gasteiger partial charge in [0.25, 0.3) is 5.91 Å². The number of β-lactam (4-membered cyclic amide) rings is 1. The van der Waals surface area contributed by atoms with Gasteiger partial charge in [-0.15, -0.1) is 23.5 Å². The number of carbonyl (C=O) groups is 3. The molecule has 1 unspecified atom stereocenters. The lowest BCUT2D eigenvalue weighted by atomic mass is 10.0. The lowest BCUT2D eigenvalue weighted by Gasteiger charge is -2.49. The average Bonchev–Trinajstić information content (AvgIpc) is 3.19. The van der Waals surface area contributed by atoms with Crippen molar-refractivity contribution in [3.05, 3.63) is 65.2 Å². The summed E-state index contributed by atoms with van der Waals surface area (Å²) in [5, 5.41) is 15.8. The van der Waals surface area contributed by atoms with E-state index in [9.17, 15) is 19.5 Å². The van der Waals surface area contributed by atoms with Crippen LogP contribution in [-0.4, -0.2) is 55.9 Å². The average molecular weight is 458 g/mol. The molecule has 1 saturated heterocycles. The normalized spacial score (nSPS) is 20.5. The van der Waals surface area contributed by atoms with Gasteiger partial charge in [-0.3, -0.25) is 14.5 Å². The summed E-state index contributed by atoms with van der Waals surface area (Å²) in [4.78, 5) is 39.1. The topological polar surface area (TPSA) is 113 Å². The van der Waals surface area contributed by atoms with Crippen molar-refractivity contribution in [2.45, 2.75) is 23.2 Å². The fraction of sp³-hybridized carbons (Fsp3) is 0.238. The van der Waals surface area contributed by atoms with E-state index in [2.05, 4.69) is 10.5 Å². The molecule has 160 valence electrons. The summed E-state index contributed by atoms with van der Waals surface area (Å²) in [5.74, 6) is -0.800. The summed E-state index contributed by atoms with van der Waals surface area (Å²) in [7, 11) is 0. The second-order valence-electron chi connectivity index (χ2n) is 6.94. The first-order valence-electron chi connectivity index (χ1n) is 9.44. The van der Waals surface area contributed by atoms with E-state index in [1.807, 2.05) is 30.3 Å². The van der Waals surface area contributed by atoms with Crippen LogP contribution in [0.2, 0.25) is 0 Å². The number of aliphatic carboxylic acids is 1. The monoisotopic (exact) mass is 457 g/mol. The first-order valence-corrected chi connectivity index (χ1v) is 11.5. The summed E-state index contributed by atoms with van der Waals surface area (Å²) in [6, 6.07) is 10.5. The highest BCUT2D eigenvalue weighted by atomic mass is 32.2. The molecule has 2 N–H and O–H groups in total. The van der Waals surface area contributed by atoms with E-state index in [1.54, 1.807) is 25.1 Å². The number of carbonyl (C=O) groups excluding carboxylic acids is 2. The Morgan fingerprint density at radius 1 is 1.35 bits per heavy atom. The van der Waals surface area contributed by atoms with Crippen LogP contribution in [0.3, 0.4) is 0 Å². The molecule has 0 saturated carbocycles. The van der Waals surface area contributed by atoms with Crippen LogP contribution in [0.25, 0.3) is 6.08 Å². The van der Waals surface area contributed by atoms with Crippen molar-refractivity contribution < 1.29 is 24.0 Å². The largest absolute Gasteiger partial charge is 0.477 e. The number of amides is 2. The third kappa shape index (κ3) is 4.54. The van der Waals surface area contributed by atoms with Gasteiger partial charge >= 0.3 is 5.97 Å². The number of aromatic nitrogens is 1. The molecule has 4 rings (SSSR count). The molecule has 2 aliphatic heterocycles. The van der Waals surface area contributed by atoms with Gasteiger partial charge in [-0.2, -0.15) is 0 Å². The Hall–Kier alpha value is -2.98. The molecule has 0 radical (unpaired) electrons. The van der Waals surface area contributed by atoms with E-state index in [1.165, 1.54) is 28.4 Å². The van der Waals surface area contributed by atoms with Gasteiger partial charge in [-0.25, -0.2) is 4.79 Å². The number of aryl methyl sites for hydroxylation is 1. The number of hydrogen-bond acceptors (Lipinski definition) is 7. The van der Waals surface area contributed by atoms with E-state index < -0.39 is 23.3 Å². The van der Waals surface area contributed by atoms with Crippen molar-refractivity contribution in [1.29, 1.82) is 0 Å². The van der Waals surface area contributed by atoms with E-state index in [-0.39, 0.29) is 17.4 Å². The van der Waals surface area contributed by atoms with Gasteiger partial charge in [0.1, 0.15) is 17.1 Å². The van der Waals surface area contributed by atoms with Crippen molar-refractivity contribution in [1.82, 2.24) is 15.4 Å². The smallest absolute Gasteiger partial charge is 0.352 e. The maximum atomic E-state index is 12.7. The van der Waals surface area contributed by atoms with Gasteiger partial charge in [0.15, 0.2) is 5.76 Å². The van der Waals surface area contributed by atoms with Crippen molar-refractivity contribution in [2.75, 3.05) is 11.5 Å². The first kappa shape index (κ1) is 21.3. The molecule has 10 heteroatoms. The molecule has 31 heavy (non-hydrogen) atoms. The van der Waals surface area contributed by atoms with E-state index in [0.717, 1.165) is 4.90 Å².